The van der Waals surface area contributed by atoms with Crippen LogP contribution in [-0.4, -0.2) is 15.7 Å². The van der Waals surface area contributed by atoms with E-state index in [-0.39, 0.29) is 11.4 Å². The molecule has 1 N–H and O–H groups in total. The van der Waals surface area contributed by atoms with E-state index in [0.29, 0.717) is 11.5 Å². The first-order valence-electron chi connectivity index (χ1n) is 6.91. The van der Waals surface area contributed by atoms with Crippen LogP contribution in [0.5, 0.6) is 0 Å². The summed E-state index contributed by atoms with van der Waals surface area (Å²) in [6.07, 6.45) is -2.98. The maximum absolute atomic E-state index is 12.7. The Morgan fingerprint density at radius 3 is 2.67 bits per heavy atom. The van der Waals surface area contributed by atoms with Gasteiger partial charge in [0.1, 0.15) is 5.69 Å². The zero-order valence-electron chi connectivity index (χ0n) is 12.5. The first-order chi connectivity index (χ1) is 11.3. The third-order valence-electron chi connectivity index (χ3n) is 3.33. The van der Waals surface area contributed by atoms with Crippen LogP contribution < -0.4 is 5.32 Å². The Hall–Kier alpha value is -3.03. The molecule has 124 valence electrons. The zero-order valence-corrected chi connectivity index (χ0v) is 12.5. The standard InChI is InChI=1S/C16H12F3N3O2/c1-22-13(14-6-3-7-24-14)9-12(21-22)15(23)20-11-5-2-4-10(8-11)16(17,18)19/h2-9H,1H3,(H,20,23). The maximum Gasteiger partial charge on any atom is 0.416 e. The maximum atomic E-state index is 12.7. The molecule has 0 spiro atoms. The molecule has 3 aromatic rings. The number of hydrogen-bond acceptors (Lipinski definition) is 3. The topological polar surface area (TPSA) is 60.1 Å². The number of furan rings is 1. The van der Waals surface area contributed by atoms with E-state index in [9.17, 15) is 18.0 Å². The molecular formula is C16H12F3N3O2. The second-order valence-electron chi connectivity index (χ2n) is 5.05. The van der Waals surface area contributed by atoms with Gasteiger partial charge in [-0.2, -0.15) is 18.3 Å². The molecule has 0 aliphatic rings. The minimum absolute atomic E-state index is 0.0417. The average Bonchev–Trinajstić information content (AvgIpc) is 3.15. The Balaban J connectivity index is 1.82. The third kappa shape index (κ3) is 3.17. The van der Waals surface area contributed by atoms with E-state index < -0.39 is 17.6 Å². The van der Waals surface area contributed by atoms with Gasteiger partial charge in [0.25, 0.3) is 5.91 Å². The van der Waals surface area contributed by atoms with Gasteiger partial charge in [-0.25, -0.2) is 0 Å². The van der Waals surface area contributed by atoms with Gasteiger partial charge in [0, 0.05) is 18.8 Å². The number of carbonyl (C=O) groups excluding carboxylic acids is 1. The van der Waals surface area contributed by atoms with E-state index >= 15 is 0 Å². The summed E-state index contributed by atoms with van der Waals surface area (Å²) >= 11 is 0. The molecule has 0 bridgehead atoms. The number of aromatic nitrogens is 2. The molecule has 0 fully saturated rings. The van der Waals surface area contributed by atoms with Gasteiger partial charge in [0.15, 0.2) is 11.5 Å². The lowest BCUT2D eigenvalue weighted by Gasteiger charge is -2.09. The highest BCUT2D eigenvalue weighted by Crippen LogP contribution is 2.30. The van der Waals surface area contributed by atoms with Crippen LogP contribution in [-0.2, 0) is 13.2 Å². The van der Waals surface area contributed by atoms with Crippen molar-refractivity contribution in [1.82, 2.24) is 9.78 Å². The molecule has 1 amide bonds. The molecule has 0 aliphatic heterocycles. The second kappa shape index (κ2) is 5.88. The molecule has 0 saturated carbocycles. The molecule has 0 unspecified atom stereocenters. The lowest BCUT2D eigenvalue weighted by molar-refractivity contribution is -0.137. The second-order valence-corrected chi connectivity index (χ2v) is 5.05. The quantitative estimate of drug-likeness (QED) is 0.788. The highest BCUT2D eigenvalue weighted by Gasteiger charge is 2.30. The van der Waals surface area contributed by atoms with Crippen molar-refractivity contribution in [3.8, 4) is 11.5 Å². The highest BCUT2D eigenvalue weighted by atomic mass is 19.4. The molecular weight excluding hydrogens is 323 g/mol. The predicted octanol–water partition coefficient (Wildman–Crippen LogP) is 3.95. The van der Waals surface area contributed by atoms with Gasteiger partial charge in [-0.05, 0) is 30.3 Å². The number of rotatable bonds is 3. The molecule has 1 aromatic carbocycles. The van der Waals surface area contributed by atoms with E-state index in [0.717, 1.165) is 12.1 Å². The molecule has 0 saturated heterocycles. The number of anilines is 1. The zero-order chi connectivity index (χ0) is 17.3. The molecule has 2 heterocycles. The van der Waals surface area contributed by atoms with Gasteiger partial charge in [-0.1, -0.05) is 6.07 Å². The summed E-state index contributed by atoms with van der Waals surface area (Å²) in [4.78, 5) is 12.2. The molecule has 8 heteroatoms. The summed E-state index contributed by atoms with van der Waals surface area (Å²) in [5, 5.41) is 6.47. The van der Waals surface area contributed by atoms with Crippen LogP contribution in [0.15, 0.2) is 53.1 Å². The van der Waals surface area contributed by atoms with Crippen LogP contribution in [0.2, 0.25) is 0 Å². The number of nitrogens with one attached hydrogen (secondary N) is 1. The Morgan fingerprint density at radius 1 is 1.21 bits per heavy atom. The Labute approximate surface area is 134 Å². The van der Waals surface area contributed by atoms with Crippen LogP contribution in [0.4, 0.5) is 18.9 Å². The Morgan fingerprint density at radius 2 is 2.00 bits per heavy atom. The minimum atomic E-state index is -4.47. The Kier molecular flexibility index (Phi) is 3.88. The van der Waals surface area contributed by atoms with E-state index in [2.05, 4.69) is 10.4 Å². The first-order valence-corrected chi connectivity index (χ1v) is 6.91. The van der Waals surface area contributed by atoms with Crippen LogP contribution >= 0.6 is 0 Å². The van der Waals surface area contributed by atoms with E-state index in [1.807, 2.05) is 0 Å². The van der Waals surface area contributed by atoms with E-state index in [4.69, 9.17) is 4.42 Å². The number of halogens is 3. The van der Waals surface area contributed by atoms with Crippen molar-refractivity contribution < 1.29 is 22.4 Å². The van der Waals surface area contributed by atoms with Gasteiger partial charge in [0.2, 0.25) is 0 Å². The number of aryl methyl sites for hydroxylation is 1. The Bertz CT molecular complexity index is 867. The predicted molar refractivity (Wildman–Crippen MR) is 80.3 cm³/mol. The molecule has 2 aromatic heterocycles. The fourth-order valence-corrected chi connectivity index (χ4v) is 2.20. The van der Waals surface area contributed by atoms with Crippen molar-refractivity contribution in [2.45, 2.75) is 6.18 Å². The number of benzene rings is 1. The molecule has 3 rings (SSSR count). The largest absolute Gasteiger partial charge is 0.463 e. The van der Waals surface area contributed by atoms with Crippen LogP contribution in [0.1, 0.15) is 16.1 Å². The van der Waals surface area contributed by atoms with Gasteiger partial charge < -0.3 is 9.73 Å². The van der Waals surface area contributed by atoms with Crippen molar-refractivity contribution in [1.29, 1.82) is 0 Å². The van der Waals surface area contributed by atoms with Crippen LogP contribution in [0.3, 0.4) is 0 Å². The van der Waals surface area contributed by atoms with Crippen molar-refractivity contribution in [2.24, 2.45) is 7.05 Å². The van der Waals surface area contributed by atoms with Gasteiger partial charge in [-0.3, -0.25) is 9.48 Å². The van der Waals surface area contributed by atoms with Crippen molar-refractivity contribution >= 4 is 11.6 Å². The SMILES string of the molecule is Cn1nc(C(=O)Nc2cccc(C(F)(F)F)c2)cc1-c1ccco1. The van der Waals surface area contributed by atoms with Crippen LogP contribution in [0, 0.1) is 0 Å². The fourth-order valence-electron chi connectivity index (χ4n) is 2.20. The normalized spacial score (nSPS) is 11.5. The number of amides is 1. The highest BCUT2D eigenvalue weighted by molar-refractivity contribution is 6.03. The molecule has 0 aliphatic carbocycles. The van der Waals surface area contributed by atoms with Crippen LogP contribution in [0.25, 0.3) is 11.5 Å². The van der Waals surface area contributed by atoms with Gasteiger partial charge in [-0.15, -0.1) is 0 Å². The first kappa shape index (κ1) is 15.9. The van der Waals surface area contributed by atoms with E-state index in [1.54, 1.807) is 19.2 Å². The van der Waals surface area contributed by atoms with E-state index in [1.165, 1.54) is 29.1 Å². The average molecular weight is 335 g/mol. The van der Waals surface area contributed by atoms with Gasteiger partial charge >= 0.3 is 6.18 Å². The number of alkyl halides is 3. The third-order valence-corrected chi connectivity index (χ3v) is 3.33. The lowest BCUT2D eigenvalue weighted by Crippen LogP contribution is -2.14. The summed E-state index contributed by atoms with van der Waals surface area (Å²) in [6, 6.07) is 9.33. The van der Waals surface area contributed by atoms with Gasteiger partial charge in [0.05, 0.1) is 11.8 Å². The summed E-state index contributed by atoms with van der Waals surface area (Å²) in [5.74, 6) is -0.0779. The number of nitrogens with zero attached hydrogens (tertiary/aromatic N) is 2. The summed E-state index contributed by atoms with van der Waals surface area (Å²) < 4.78 is 44.8. The summed E-state index contributed by atoms with van der Waals surface area (Å²) in [7, 11) is 1.64. The molecule has 5 nitrogen and oxygen atoms in total. The minimum Gasteiger partial charge on any atom is -0.463 e. The van der Waals surface area contributed by atoms with Crippen molar-refractivity contribution in [3.63, 3.8) is 0 Å². The number of hydrogen-bond donors (Lipinski definition) is 1. The fraction of sp³-hybridized carbons (Fsp3) is 0.125. The summed E-state index contributed by atoms with van der Waals surface area (Å²) in [6.45, 7) is 0. The lowest BCUT2D eigenvalue weighted by atomic mass is 10.2. The molecule has 0 radical (unpaired) electrons. The number of carbonyl (C=O) groups is 1. The molecule has 24 heavy (non-hydrogen) atoms. The smallest absolute Gasteiger partial charge is 0.416 e. The summed E-state index contributed by atoms with van der Waals surface area (Å²) in [5.41, 5.74) is -0.145. The van der Waals surface area contributed by atoms with Crippen molar-refractivity contribution in [2.75, 3.05) is 5.32 Å². The monoisotopic (exact) mass is 335 g/mol. The van der Waals surface area contributed by atoms with Crippen molar-refractivity contribution in [3.05, 3.63) is 60.0 Å². The molecule has 0 atom stereocenters.